The van der Waals surface area contributed by atoms with Gasteiger partial charge in [-0.1, -0.05) is 0 Å². The number of nitrogens with two attached hydrogens (primary N) is 1. The third kappa shape index (κ3) is 2.76. The smallest absolute Gasteiger partial charge is 0.191 e. The number of rotatable bonds is 2. The Hall–Kier alpha value is -1.49. The lowest BCUT2D eigenvalue weighted by Crippen LogP contribution is -2.47. The molecule has 2 heterocycles. The molecule has 1 unspecified atom stereocenters. The topological polar surface area (TPSA) is 64.0 Å². The van der Waals surface area contributed by atoms with E-state index in [9.17, 15) is 0 Å². The van der Waals surface area contributed by atoms with Gasteiger partial charge in [-0.25, -0.2) is 4.99 Å². The third-order valence-electron chi connectivity index (χ3n) is 2.57. The molecule has 1 atom stereocenters. The molecule has 0 radical (unpaired) electrons. The second kappa shape index (κ2) is 5.03. The molecule has 0 spiro atoms. The maximum absolute atomic E-state index is 5.92. The summed E-state index contributed by atoms with van der Waals surface area (Å²) in [6.45, 7) is 4.93. The van der Waals surface area contributed by atoms with E-state index >= 15 is 0 Å². The fraction of sp³-hybridized carbons (Fsp3) is 0.545. The van der Waals surface area contributed by atoms with Gasteiger partial charge in [0.2, 0.25) is 0 Å². The molecule has 1 aromatic heterocycles. The molecule has 1 aliphatic rings. The van der Waals surface area contributed by atoms with Gasteiger partial charge in [0, 0.05) is 18.7 Å². The number of guanidine groups is 1. The fourth-order valence-corrected chi connectivity index (χ4v) is 1.68. The summed E-state index contributed by atoms with van der Waals surface area (Å²) in [5.41, 5.74) is 6.95. The van der Waals surface area contributed by atoms with Crippen LogP contribution in [-0.2, 0) is 11.3 Å². The van der Waals surface area contributed by atoms with Gasteiger partial charge in [-0.3, -0.25) is 0 Å². The van der Waals surface area contributed by atoms with Gasteiger partial charge < -0.3 is 19.8 Å². The Morgan fingerprint density at radius 2 is 2.56 bits per heavy atom. The Morgan fingerprint density at radius 3 is 3.25 bits per heavy atom. The number of hydrogen-bond acceptors (Lipinski definition) is 3. The van der Waals surface area contributed by atoms with Crippen LogP contribution >= 0.6 is 0 Å². The van der Waals surface area contributed by atoms with Crippen LogP contribution in [0.25, 0.3) is 0 Å². The number of ether oxygens (including phenoxy) is 1. The van der Waals surface area contributed by atoms with Crippen molar-refractivity contribution in [2.45, 2.75) is 19.6 Å². The van der Waals surface area contributed by atoms with E-state index in [0.717, 1.165) is 18.7 Å². The molecule has 2 rings (SSSR count). The van der Waals surface area contributed by atoms with E-state index in [-0.39, 0.29) is 6.10 Å². The zero-order valence-electron chi connectivity index (χ0n) is 9.43. The first kappa shape index (κ1) is 11.0. The van der Waals surface area contributed by atoms with Gasteiger partial charge >= 0.3 is 0 Å². The van der Waals surface area contributed by atoms with Gasteiger partial charge in [0.25, 0.3) is 0 Å². The van der Waals surface area contributed by atoms with Gasteiger partial charge in [0.1, 0.15) is 0 Å². The van der Waals surface area contributed by atoms with Gasteiger partial charge in [-0.15, -0.1) is 0 Å². The van der Waals surface area contributed by atoms with Crippen molar-refractivity contribution in [3.05, 3.63) is 24.2 Å². The normalized spacial score (nSPS) is 22.4. The molecule has 0 aliphatic carbocycles. The lowest BCUT2D eigenvalue weighted by atomic mass is 10.3. The number of hydrogen-bond donors (Lipinski definition) is 1. The molecule has 1 aromatic rings. The van der Waals surface area contributed by atoms with E-state index in [4.69, 9.17) is 14.9 Å². The largest absolute Gasteiger partial charge is 0.472 e. The number of furan rings is 1. The minimum absolute atomic E-state index is 0.219. The monoisotopic (exact) mass is 223 g/mol. The highest BCUT2D eigenvalue weighted by Crippen LogP contribution is 2.05. The molecule has 88 valence electrons. The third-order valence-corrected chi connectivity index (χ3v) is 2.57. The zero-order valence-corrected chi connectivity index (χ0v) is 9.43. The summed E-state index contributed by atoms with van der Waals surface area (Å²) in [4.78, 5) is 6.38. The standard InChI is InChI=1S/C11H17N3O2/c1-9-7-14(3-5-16-9)11(12)13-6-10-2-4-15-8-10/h2,4,8-9H,3,5-7H2,1H3,(H2,12,13). The lowest BCUT2D eigenvalue weighted by Gasteiger charge is -2.31. The van der Waals surface area contributed by atoms with Crippen LogP contribution in [0.1, 0.15) is 12.5 Å². The van der Waals surface area contributed by atoms with Crippen molar-refractivity contribution in [1.29, 1.82) is 0 Å². The molecule has 2 N–H and O–H groups in total. The number of nitrogens with zero attached hydrogens (tertiary/aromatic N) is 2. The van der Waals surface area contributed by atoms with Gasteiger partial charge in [0.15, 0.2) is 5.96 Å². The highest BCUT2D eigenvalue weighted by molar-refractivity contribution is 5.78. The molecular weight excluding hydrogens is 206 g/mol. The van der Waals surface area contributed by atoms with Crippen molar-refractivity contribution >= 4 is 5.96 Å². The molecule has 5 heteroatoms. The quantitative estimate of drug-likeness (QED) is 0.595. The van der Waals surface area contributed by atoms with Crippen LogP contribution in [0.5, 0.6) is 0 Å². The summed E-state index contributed by atoms with van der Waals surface area (Å²) in [5, 5.41) is 0. The molecule has 1 aliphatic heterocycles. The number of morpholine rings is 1. The van der Waals surface area contributed by atoms with Crippen LogP contribution in [0.15, 0.2) is 28.0 Å². The molecule has 5 nitrogen and oxygen atoms in total. The Labute approximate surface area is 94.9 Å². The Balaban J connectivity index is 1.90. The van der Waals surface area contributed by atoms with Gasteiger partial charge in [-0.2, -0.15) is 0 Å². The van der Waals surface area contributed by atoms with Crippen LogP contribution in [0.4, 0.5) is 0 Å². The first-order chi connectivity index (χ1) is 7.75. The van der Waals surface area contributed by atoms with Crippen molar-refractivity contribution in [3.63, 3.8) is 0 Å². The SMILES string of the molecule is CC1CN(C(N)=NCc2ccoc2)CCO1. The van der Waals surface area contributed by atoms with Crippen molar-refractivity contribution in [3.8, 4) is 0 Å². The summed E-state index contributed by atoms with van der Waals surface area (Å²) < 4.78 is 10.4. The first-order valence-corrected chi connectivity index (χ1v) is 5.43. The van der Waals surface area contributed by atoms with E-state index < -0.39 is 0 Å². The summed E-state index contributed by atoms with van der Waals surface area (Å²) in [5.74, 6) is 0.580. The summed E-state index contributed by atoms with van der Waals surface area (Å²) >= 11 is 0. The van der Waals surface area contributed by atoms with Crippen LogP contribution < -0.4 is 5.73 Å². The van der Waals surface area contributed by atoms with Crippen LogP contribution in [-0.4, -0.2) is 36.7 Å². The van der Waals surface area contributed by atoms with E-state index in [1.807, 2.05) is 17.9 Å². The highest BCUT2D eigenvalue weighted by atomic mass is 16.5. The van der Waals surface area contributed by atoms with Crippen LogP contribution in [0.3, 0.4) is 0 Å². The summed E-state index contributed by atoms with van der Waals surface area (Å²) in [6.07, 6.45) is 3.53. The average molecular weight is 223 g/mol. The van der Waals surface area contributed by atoms with E-state index in [1.54, 1.807) is 12.5 Å². The highest BCUT2D eigenvalue weighted by Gasteiger charge is 2.17. The molecule has 1 saturated heterocycles. The van der Waals surface area contributed by atoms with Gasteiger partial charge in [0.05, 0.1) is 31.8 Å². The zero-order chi connectivity index (χ0) is 11.4. The van der Waals surface area contributed by atoms with E-state index in [1.165, 1.54) is 0 Å². The van der Waals surface area contributed by atoms with Crippen molar-refractivity contribution in [1.82, 2.24) is 4.90 Å². The molecule has 0 bridgehead atoms. The maximum Gasteiger partial charge on any atom is 0.191 e. The van der Waals surface area contributed by atoms with Crippen molar-refractivity contribution in [2.24, 2.45) is 10.7 Å². The number of aliphatic imine (C=N–C) groups is 1. The molecule has 16 heavy (non-hydrogen) atoms. The second-order valence-electron chi connectivity index (χ2n) is 3.93. The molecular formula is C11H17N3O2. The van der Waals surface area contributed by atoms with Crippen molar-refractivity contribution < 1.29 is 9.15 Å². The van der Waals surface area contributed by atoms with Crippen LogP contribution in [0.2, 0.25) is 0 Å². The van der Waals surface area contributed by atoms with Gasteiger partial charge in [-0.05, 0) is 13.0 Å². The average Bonchev–Trinajstić information content (AvgIpc) is 2.78. The van der Waals surface area contributed by atoms with Crippen molar-refractivity contribution in [2.75, 3.05) is 19.7 Å². The Kier molecular flexibility index (Phi) is 3.46. The molecule has 1 fully saturated rings. The molecule has 0 amide bonds. The predicted molar refractivity (Wildman–Crippen MR) is 61.0 cm³/mol. The minimum Gasteiger partial charge on any atom is -0.472 e. The Bertz CT molecular complexity index is 348. The summed E-state index contributed by atoms with van der Waals surface area (Å²) in [6, 6.07) is 1.89. The first-order valence-electron chi connectivity index (χ1n) is 5.43. The lowest BCUT2D eigenvalue weighted by molar-refractivity contribution is 0.00528. The Morgan fingerprint density at radius 1 is 1.69 bits per heavy atom. The summed E-state index contributed by atoms with van der Waals surface area (Å²) in [7, 11) is 0. The second-order valence-corrected chi connectivity index (χ2v) is 3.93. The molecule has 0 aromatic carbocycles. The van der Waals surface area contributed by atoms with E-state index in [0.29, 0.717) is 19.1 Å². The maximum atomic E-state index is 5.92. The van der Waals surface area contributed by atoms with Crippen LogP contribution in [0, 0.1) is 0 Å². The fourth-order valence-electron chi connectivity index (χ4n) is 1.68. The van der Waals surface area contributed by atoms with E-state index in [2.05, 4.69) is 4.99 Å². The predicted octanol–water partition coefficient (Wildman–Crippen LogP) is 0.815. The molecule has 0 saturated carbocycles. The minimum atomic E-state index is 0.219.